The Labute approximate surface area is 212 Å². The number of likely N-dealkylation sites (N-methyl/N-ethyl adjacent to an activating group) is 1. The molecule has 0 aliphatic carbocycles. The molecule has 1 aliphatic rings. The van der Waals surface area contributed by atoms with E-state index in [1.54, 1.807) is 18.2 Å². The molecule has 0 spiro atoms. The minimum atomic E-state index is -0.412. The van der Waals surface area contributed by atoms with Crippen LogP contribution in [0.2, 0.25) is 0 Å². The fraction of sp³-hybridized carbons (Fsp3) is 0.241. The van der Waals surface area contributed by atoms with Crippen LogP contribution in [0.25, 0.3) is 11.3 Å². The quantitative estimate of drug-likeness (QED) is 0.347. The van der Waals surface area contributed by atoms with Gasteiger partial charge in [-0.15, -0.1) is 0 Å². The van der Waals surface area contributed by atoms with E-state index in [2.05, 4.69) is 27.7 Å². The third-order valence-electron chi connectivity index (χ3n) is 5.81. The van der Waals surface area contributed by atoms with Crippen LogP contribution in [0.5, 0.6) is 0 Å². The molecule has 0 radical (unpaired) electrons. The second kappa shape index (κ2) is 11.2. The van der Waals surface area contributed by atoms with Crippen molar-refractivity contribution in [3.63, 3.8) is 0 Å². The SMILES string of the molecule is CN(C)CCOC(=O)c1ccc2c(c1)NC(=O)C2=C(Nc1ccc(CN(C)C)cc1)c1ccccc1. The number of nitrogens with zero attached hydrogens (tertiary/aromatic N) is 2. The number of hydrogen-bond acceptors (Lipinski definition) is 6. The number of nitrogens with one attached hydrogen (secondary N) is 2. The van der Waals surface area contributed by atoms with Crippen molar-refractivity contribution < 1.29 is 14.3 Å². The van der Waals surface area contributed by atoms with Gasteiger partial charge in [-0.1, -0.05) is 48.5 Å². The van der Waals surface area contributed by atoms with Crippen LogP contribution < -0.4 is 10.6 Å². The molecule has 36 heavy (non-hydrogen) atoms. The van der Waals surface area contributed by atoms with E-state index < -0.39 is 5.97 Å². The Bertz CT molecular complexity index is 1270. The summed E-state index contributed by atoms with van der Waals surface area (Å²) < 4.78 is 5.36. The van der Waals surface area contributed by atoms with Gasteiger partial charge in [0, 0.05) is 24.3 Å². The lowest BCUT2D eigenvalue weighted by Crippen LogP contribution is -2.20. The Balaban J connectivity index is 1.67. The monoisotopic (exact) mass is 484 g/mol. The summed E-state index contributed by atoms with van der Waals surface area (Å²) in [6.07, 6.45) is 0. The maximum Gasteiger partial charge on any atom is 0.338 e. The standard InChI is InChI=1S/C29H32N4O3/c1-32(2)16-17-36-29(35)22-12-15-24-25(18-22)31-28(34)26(24)27(21-8-6-5-7-9-21)30-23-13-10-20(11-14-23)19-33(3)4/h5-15,18,30H,16-17,19H2,1-4H3,(H,31,34). The van der Waals surface area contributed by atoms with Crippen LogP contribution in [0.4, 0.5) is 11.4 Å². The highest BCUT2D eigenvalue weighted by Crippen LogP contribution is 2.38. The molecule has 0 bridgehead atoms. The molecular weight excluding hydrogens is 452 g/mol. The van der Waals surface area contributed by atoms with E-state index in [9.17, 15) is 9.59 Å². The van der Waals surface area contributed by atoms with E-state index in [4.69, 9.17) is 4.74 Å². The van der Waals surface area contributed by atoms with Gasteiger partial charge >= 0.3 is 5.97 Å². The first-order valence-electron chi connectivity index (χ1n) is 11.9. The van der Waals surface area contributed by atoms with Gasteiger partial charge in [0.25, 0.3) is 5.91 Å². The third-order valence-corrected chi connectivity index (χ3v) is 5.81. The van der Waals surface area contributed by atoms with Crippen LogP contribution in [0, 0.1) is 0 Å². The van der Waals surface area contributed by atoms with E-state index in [1.165, 1.54) is 5.56 Å². The maximum absolute atomic E-state index is 13.2. The van der Waals surface area contributed by atoms with E-state index >= 15 is 0 Å². The number of esters is 1. The summed E-state index contributed by atoms with van der Waals surface area (Å²) in [6.45, 7) is 1.79. The summed E-state index contributed by atoms with van der Waals surface area (Å²) in [5.74, 6) is -0.635. The van der Waals surface area contributed by atoms with Gasteiger partial charge in [-0.3, -0.25) is 4.79 Å². The molecule has 2 N–H and O–H groups in total. The molecule has 0 unspecified atom stereocenters. The van der Waals surface area contributed by atoms with Gasteiger partial charge in [0.05, 0.1) is 22.5 Å². The van der Waals surface area contributed by atoms with Gasteiger partial charge in [0.1, 0.15) is 6.61 Å². The molecule has 7 nitrogen and oxygen atoms in total. The zero-order valence-corrected chi connectivity index (χ0v) is 21.2. The number of ether oxygens (including phenoxy) is 1. The summed E-state index contributed by atoms with van der Waals surface area (Å²) in [5.41, 5.74) is 5.93. The Hall–Kier alpha value is -3.94. The zero-order valence-electron chi connectivity index (χ0n) is 21.2. The maximum atomic E-state index is 13.2. The molecule has 0 fully saturated rings. The largest absolute Gasteiger partial charge is 0.461 e. The van der Waals surface area contributed by atoms with Crippen molar-refractivity contribution in [1.29, 1.82) is 0 Å². The number of hydrogen-bond donors (Lipinski definition) is 2. The highest BCUT2D eigenvalue weighted by Gasteiger charge is 2.29. The van der Waals surface area contributed by atoms with Gasteiger partial charge in [0.2, 0.25) is 0 Å². The van der Waals surface area contributed by atoms with Crippen molar-refractivity contribution in [2.24, 2.45) is 0 Å². The lowest BCUT2D eigenvalue weighted by molar-refractivity contribution is -0.110. The van der Waals surface area contributed by atoms with Gasteiger partial charge < -0.3 is 25.2 Å². The van der Waals surface area contributed by atoms with Gasteiger partial charge in [-0.25, -0.2) is 4.79 Å². The van der Waals surface area contributed by atoms with Crippen molar-refractivity contribution in [2.45, 2.75) is 6.54 Å². The lowest BCUT2D eigenvalue weighted by atomic mass is 9.99. The average molecular weight is 485 g/mol. The first-order chi connectivity index (χ1) is 17.3. The molecule has 3 aromatic rings. The Morgan fingerprint density at radius 1 is 0.889 bits per heavy atom. The Morgan fingerprint density at radius 2 is 1.61 bits per heavy atom. The Morgan fingerprint density at radius 3 is 2.28 bits per heavy atom. The van der Waals surface area contributed by atoms with Gasteiger partial charge in [-0.05, 0) is 63.6 Å². The molecule has 4 rings (SSSR count). The minimum absolute atomic E-state index is 0.223. The summed E-state index contributed by atoms with van der Waals surface area (Å²) in [6, 6.07) is 23.1. The van der Waals surface area contributed by atoms with Crippen LogP contribution in [0.15, 0.2) is 72.8 Å². The molecule has 186 valence electrons. The van der Waals surface area contributed by atoms with Crippen molar-refractivity contribution in [2.75, 3.05) is 52.0 Å². The lowest BCUT2D eigenvalue weighted by Gasteiger charge is -2.16. The molecule has 3 aromatic carbocycles. The fourth-order valence-corrected chi connectivity index (χ4v) is 4.04. The number of carbonyl (C=O) groups is 2. The first kappa shape index (κ1) is 25.2. The van der Waals surface area contributed by atoms with Crippen molar-refractivity contribution >= 4 is 34.5 Å². The van der Waals surface area contributed by atoms with Crippen molar-refractivity contribution in [1.82, 2.24) is 9.80 Å². The summed E-state index contributed by atoms with van der Waals surface area (Å²) in [4.78, 5) is 29.8. The minimum Gasteiger partial charge on any atom is -0.461 e. The topological polar surface area (TPSA) is 73.9 Å². The zero-order chi connectivity index (χ0) is 25.7. The summed E-state index contributed by atoms with van der Waals surface area (Å²) >= 11 is 0. The molecule has 1 heterocycles. The van der Waals surface area contributed by atoms with E-state index in [-0.39, 0.29) is 5.91 Å². The normalized spacial score (nSPS) is 14.0. The van der Waals surface area contributed by atoms with Gasteiger partial charge in [-0.2, -0.15) is 0 Å². The molecule has 1 aliphatic heterocycles. The number of anilines is 2. The average Bonchev–Trinajstić information content (AvgIpc) is 3.18. The molecule has 0 saturated carbocycles. The van der Waals surface area contributed by atoms with E-state index in [0.29, 0.717) is 35.7 Å². The van der Waals surface area contributed by atoms with Crippen LogP contribution in [-0.2, 0) is 16.1 Å². The summed E-state index contributed by atoms with van der Waals surface area (Å²) in [5, 5.41) is 6.40. The predicted octanol–water partition coefficient (Wildman–Crippen LogP) is 4.40. The molecule has 0 saturated heterocycles. The second-order valence-electron chi connectivity index (χ2n) is 9.33. The summed E-state index contributed by atoms with van der Waals surface area (Å²) in [7, 11) is 7.91. The van der Waals surface area contributed by atoms with Crippen molar-refractivity contribution in [3.8, 4) is 0 Å². The number of benzene rings is 3. The van der Waals surface area contributed by atoms with E-state index in [1.807, 2.05) is 75.6 Å². The predicted molar refractivity (Wildman–Crippen MR) is 145 cm³/mol. The van der Waals surface area contributed by atoms with Gasteiger partial charge in [0.15, 0.2) is 0 Å². The fourth-order valence-electron chi connectivity index (χ4n) is 4.04. The molecular formula is C29H32N4O3. The first-order valence-corrected chi connectivity index (χ1v) is 11.9. The van der Waals surface area contributed by atoms with Crippen LogP contribution >= 0.6 is 0 Å². The second-order valence-corrected chi connectivity index (χ2v) is 9.33. The molecule has 1 amide bonds. The number of fused-ring (bicyclic) bond motifs is 1. The van der Waals surface area contributed by atoms with Crippen molar-refractivity contribution in [3.05, 3.63) is 95.1 Å². The smallest absolute Gasteiger partial charge is 0.338 e. The molecule has 0 aromatic heterocycles. The highest BCUT2D eigenvalue weighted by molar-refractivity contribution is 6.37. The van der Waals surface area contributed by atoms with Crippen LogP contribution in [0.1, 0.15) is 27.0 Å². The Kier molecular flexibility index (Phi) is 7.83. The number of amides is 1. The highest BCUT2D eigenvalue weighted by atomic mass is 16.5. The van der Waals surface area contributed by atoms with E-state index in [0.717, 1.165) is 23.4 Å². The van der Waals surface area contributed by atoms with Crippen LogP contribution in [-0.4, -0.2) is 63.0 Å². The third kappa shape index (κ3) is 6.00. The van der Waals surface area contributed by atoms with Crippen LogP contribution in [0.3, 0.4) is 0 Å². The number of carbonyl (C=O) groups excluding carboxylic acids is 2. The molecule has 0 atom stereocenters. The number of rotatable bonds is 9. The molecule has 7 heteroatoms.